The molecule has 210 valence electrons. The molecule has 0 spiro atoms. The maximum absolute atomic E-state index is 13.7. The molecule has 1 N–H and O–H groups in total. The molecule has 3 heterocycles. The number of halogens is 3. The third kappa shape index (κ3) is 4.35. The van der Waals surface area contributed by atoms with Crippen LogP contribution in [0.2, 0.25) is 0 Å². The second-order valence-electron chi connectivity index (χ2n) is 10.6. The Labute approximate surface area is 227 Å². The summed E-state index contributed by atoms with van der Waals surface area (Å²) < 4.78 is 73.3. The van der Waals surface area contributed by atoms with E-state index in [-0.39, 0.29) is 22.9 Å². The Hall–Kier alpha value is -3.76. The summed E-state index contributed by atoms with van der Waals surface area (Å²) in [7, 11) is -3.86. The van der Waals surface area contributed by atoms with Gasteiger partial charge in [0.05, 0.1) is 56.6 Å². The first-order valence-corrected chi connectivity index (χ1v) is 14.1. The number of sulfone groups is 1. The molecule has 9 nitrogen and oxygen atoms in total. The highest BCUT2D eigenvalue weighted by Crippen LogP contribution is 2.62. The largest absolute Gasteiger partial charge is 0.417 e. The van der Waals surface area contributed by atoms with E-state index in [0.29, 0.717) is 29.5 Å². The molecule has 5 rings (SSSR count). The number of carbonyl (C=O) groups excluding carboxylic acids is 3. The van der Waals surface area contributed by atoms with E-state index in [1.807, 2.05) is 0 Å². The van der Waals surface area contributed by atoms with Gasteiger partial charge in [0.15, 0.2) is 9.84 Å². The number of hydrogen-bond acceptors (Lipinski definition) is 7. The van der Waals surface area contributed by atoms with Crippen LogP contribution in [-0.2, 0) is 35.1 Å². The lowest BCUT2D eigenvalue weighted by Crippen LogP contribution is -2.43. The van der Waals surface area contributed by atoms with E-state index in [2.05, 4.69) is 5.32 Å². The van der Waals surface area contributed by atoms with Crippen LogP contribution in [0.4, 0.5) is 24.5 Å². The molecule has 2 aromatic carbocycles. The Morgan fingerprint density at radius 2 is 1.77 bits per heavy atom. The number of nitrogens with zero attached hydrogens (tertiary/aromatic N) is 2. The number of rotatable bonds is 6. The van der Waals surface area contributed by atoms with Crippen molar-refractivity contribution in [3.05, 3.63) is 53.6 Å². The highest BCUT2D eigenvalue weighted by molar-refractivity contribution is 7.91. The van der Waals surface area contributed by atoms with E-state index in [0.717, 1.165) is 12.1 Å². The first-order valence-electron chi connectivity index (χ1n) is 12.4. The van der Waals surface area contributed by atoms with Crippen LogP contribution in [0, 0.1) is 23.2 Å². The Balaban J connectivity index is 1.43. The molecule has 0 aliphatic carbocycles. The van der Waals surface area contributed by atoms with Crippen LogP contribution in [0.5, 0.6) is 0 Å². The number of benzene rings is 2. The molecular formula is C27H24F3N3O6S. The summed E-state index contributed by atoms with van der Waals surface area (Å²) in [4.78, 5) is 39.1. The van der Waals surface area contributed by atoms with Crippen LogP contribution in [0.3, 0.4) is 0 Å². The van der Waals surface area contributed by atoms with Gasteiger partial charge in [0, 0.05) is 12.6 Å². The first kappa shape index (κ1) is 27.8. The van der Waals surface area contributed by atoms with Crippen molar-refractivity contribution in [1.29, 1.82) is 5.26 Å². The highest BCUT2D eigenvalue weighted by atomic mass is 32.2. The summed E-state index contributed by atoms with van der Waals surface area (Å²) >= 11 is 0. The number of alkyl halides is 3. The lowest BCUT2D eigenvalue weighted by molar-refractivity contribution is -0.138. The van der Waals surface area contributed by atoms with E-state index in [1.54, 1.807) is 6.92 Å². The van der Waals surface area contributed by atoms with E-state index in [9.17, 15) is 36.0 Å². The van der Waals surface area contributed by atoms with Gasteiger partial charge in [-0.15, -0.1) is 0 Å². The summed E-state index contributed by atoms with van der Waals surface area (Å²) in [5.74, 6) is -4.24. The number of fused-ring (bicyclic) bond motifs is 5. The van der Waals surface area contributed by atoms with Crippen molar-refractivity contribution < 1.29 is 40.7 Å². The number of carbonyl (C=O) groups is 3. The van der Waals surface area contributed by atoms with Gasteiger partial charge in [0.1, 0.15) is 0 Å². The minimum absolute atomic E-state index is 0.000946. The maximum Gasteiger partial charge on any atom is 0.417 e. The normalized spacial score (nSPS) is 27.6. The van der Waals surface area contributed by atoms with Gasteiger partial charge in [-0.25, -0.2) is 13.3 Å². The van der Waals surface area contributed by atoms with Crippen molar-refractivity contribution in [2.45, 2.75) is 55.4 Å². The molecular weight excluding hydrogens is 551 g/mol. The zero-order chi connectivity index (χ0) is 29.3. The number of anilines is 2. The molecule has 0 saturated carbocycles. The van der Waals surface area contributed by atoms with E-state index < -0.39 is 67.7 Å². The topological polar surface area (TPSA) is 134 Å². The smallest absolute Gasteiger partial charge is 0.367 e. The molecule has 3 fully saturated rings. The second kappa shape index (κ2) is 9.14. The van der Waals surface area contributed by atoms with Crippen LogP contribution >= 0.6 is 0 Å². The number of nitrogens with one attached hydrogen (secondary N) is 1. The fourth-order valence-corrected chi connectivity index (χ4v) is 7.64. The molecule has 2 bridgehead atoms. The zero-order valence-corrected chi connectivity index (χ0v) is 22.2. The molecule has 3 saturated heterocycles. The lowest BCUT2D eigenvalue weighted by atomic mass is 9.67. The predicted molar refractivity (Wildman–Crippen MR) is 135 cm³/mol. The third-order valence-electron chi connectivity index (χ3n) is 8.03. The molecule has 13 heteroatoms. The molecule has 2 unspecified atom stereocenters. The SMILES string of the molecule is CC(=O)Nc1ccc(S(=O)(=O)CCC23CCC(C)(O2)[C@@H]2C(=O)N(c4ccc(C#N)c(C(F)(F)F)c4)C(=O)[C@@H]23)cc1. The average molecular weight is 576 g/mol. The fourth-order valence-electron chi connectivity index (χ4n) is 6.24. The molecule has 3 aliphatic rings. The van der Waals surface area contributed by atoms with Crippen LogP contribution in [0.15, 0.2) is 47.4 Å². The summed E-state index contributed by atoms with van der Waals surface area (Å²) in [6.07, 6.45) is -4.32. The fraction of sp³-hybridized carbons (Fsp3) is 0.407. The zero-order valence-electron chi connectivity index (χ0n) is 21.4. The van der Waals surface area contributed by atoms with Crippen molar-refractivity contribution in [1.82, 2.24) is 0 Å². The molecule has 4 atom stereocenters. The van der Waals surface area contributed by atoms with E-state index in [4.69, 9.17) is 10.00 Å². The van der Waals surface area contributed by atoms with Gasteiger partial charge in [-0.2, -0.15) is 18.4 Å². The van der Waals surface area contributed by atoms with Gasteiger partial charge in [0.2, 0.25) is 17.7 Å². The van der Waals surface area contributed by atoms with Gasteiger partial charge >= 0.3 is 6.18 Å². The number of ether oxygens (including phenoxy) is 1. The number of nitriles is 1. The number of imide groups is 1. The van der Waals surface area contributed by atoms with Crippen molar-refractivity contribution in [3.63, 3.8) is 0 Å². The summed E-state index contributed by atoms with van der Waals surface area (Å²) in [5.41, 5.74) is -4.16. The molecule has 0 aromatic heterocycles. The molecule has 0 radical (unpaired) electrons. The lowest BCUT2D eigenvalue weighted by Gasteiger charge is -2.31. The average Bonchev–Trinajstić information content (AvgIpc) is 3.46. The second-order valence-corrected chi connectivity index (χ2v) is 12.7. The van der Waals surface area contributed by atoms with Gasteiger partial charge in [-0.05, 0) is 68.7 Å². The van der Waals surface area contributed by atoms with Crippen LogP contribution < -0.4 is 10.2 Å². The van der Waals surface area contributed by atoms with Crippen molar-refractivity contribution >= 4 is 38.9 Å². The highest BCUT2D eigenvalue weighted by Gasteiger charge is 2.74. The van der Waals surface area contributed by atoms with E-state index >= 15 is 0 Å². The molecule has 3 aliphatic heterocycles. The van der Waals surface area contributed by atoms with E-state index in [1.165, 1.54) is 37.3 Å². The molecule has 2 aromatic rings. The minimum atomic E-state index is -4.88. The molecule has 3 amide bonds. The Kier molecular flexibility index (Phi) is 6.35. The number of hydrogen-bond donors (Lipinski definition) is 1. The quantitative estimate of drug-likeness (QED) is 0.518. The third-order valence-corrected chi connectivity index (χ3v) is 9.76. The predicted octanol–water partition coefficient (Wildman–Crippen LogP) is 3.83. The molecule has 40 heavy (non-hydrogen) atoms. The summed E-state index contributed by atoms with van der Waals surface area (Å²) in [5, 5.41) is 11.6. The summed E-state index contributed by atoms with van der Waals surface area (Å²) in [6, 6.07) is 9.72. The van der Waals surface area contributed by atoms with Gasteiger partial charge in [0.25, 0.3) is 0 Å². The maximum atomic E-state index is 13.7. The van der Waals surface area contributed by atoms with Crippen molar-refractivity contribution in [2.75, 3.05) is 16.0 Å². The van der Waals surface area contributed by atoms with Crippen LogP contribution in [0.25, 0.3) is 0 Å². The summed E-state index contributed by atoms with van der Waals surface area (Å²) in [6.45, 7) is 2.98. The van der Waals surface area contributed by atoms with Gasteiger partial charge in [-0.1, -0.05) is 0 Å². The van der Waals surface area contributed by atoms with Gasteiger partial charge in [-0.3, -0.25) is 14.4 Å². The monoisotopic (exact) mass is 575 g/mol. The Morgan fingerprint density at radius 3 is 2.38 bits per heavy atom. The van der Waals surface area contributed by atoms with Crippen molar-refractivity contribution in [3.8, 4) is 6.07 Å². The first-order chi connectivity index (χ1) is 18.6. The Morgan fingerprint density at radius 1 is 1.12 bits per heavy atom. The Bertz CT molecular complexity index is 1580. The minimum Gasteiger partial charge on any atom is -0.367 e. The van der Waals surface area contributed by atoms with Crippen LogP contribution in [-0.4, -0.2) is 43.1 Å². The van der Waals surface area contributed by atoms with Crippen molar-refractivity contribution in [2.24, 2.45) is 11.8 Å². The van der Waals surface area contributed by atoms with Gasteiger partial charge < -0.3 is 10.1 Å². The number of amides is 3. The van der Waals surface area contributed by atoms with Crippen LogP contribution in [0.1, 0.15) is 44.2 Å². The standard InChI is InChI=1S/C27H24F3N3O6S/c1-15(34)32-17-4-7-19(8-5-17)40(37,38)12-11-26-10-9-25(2,39-26)21-22(26)24(36)33(23(21)35)18-6-3-16(14-31)20(13-18)27(28,29)30/h3-8,13,21-22H,9-12H2,1-2H3,(H,32,34)/t21-,22+,25?,26?/m0/s1.